The van der Waals surface area contributed by atoms with Crippen LogP contribution < -0.4 is 5.73 Å². The van der Waals surface area contributed by atoms with Crippen LogP contribution in [0.3, 0.4) is 0 Å². The van der Waals surface area contributed by atoms with Crippen LogP contribution >= 0.6 is 28.1 Å². The van der Waals surface area contributed by atoms with Crippen molar-refractivity contribution in [1.29, 1.82) is 0 Å². The standard InChI is InChI=1S/C9H8BrN5S/c1-5-6(10)2-3-7(13-5)15-4-12-9(14-15)8(11)16/h2-4H,1H3,(H2,11,16). The molecule has 7 heteroatoms. The van der Waals surface area contributed by atoms with Crippen LogP contribution in [-0.4, -0.2) is 24.7 Å². The zero-order valence-electron chi connectivity index (χ0n) is 8.38. The first-order chi connectivity index (χ1) is 7.58. The first-order valence-electron chi connectivity index (χ1n) is 4.43. The molecule has 2 aromatic rings. The number of nitrogens with zero attached hydrogens (tertiary/aromatic N) is 4. The zero-order chi connectivity index (χ0) is 11.7. The van der Waals surface area contributed by atoms with Crippen molar-refractivity contribution in [3.8, 4) is 5.82 Å². The Kier molecular flexibility index (Phi) is 2.97. The van der Waals surface area contributed by atoms with E-state index >= 15 is 0 Å². The predicted octanol–water partition coefficient (Wildman–Crippen LogP) is 1.37. The number of rotatable bonds is 2. The quantitative estimate of drug-likeness (QED) is 0.848. The van der Waals surface area contributed by atoms with Crippen molar-refractivity contribution < 1.29 is 0 Å². The van der Waals surface area contributed by atoms with Crippen molar-refractivity contribution in [2.75, 3.05) is 0 Å². The SMILES string of the molecule is Cc1nc(-n2cnc(C(N)=S)n2)ccc1Br. The largest absolute Gasteiger partial charge is 0.387 e. The Morgan fingerprint density at radius 3 is 2.81 bits per heavy atom. The van der Waals surface area contributed by atoms with Crippen molar-refractivity contribution in [1.82, 2.24) is 19.7 Å². The van der Waals surface area contributed by atoms with Crippen molar-refractivity contribution >= 4 is 33.1 Å². The molecule has 0 unspecified atom stereocenters. The van der Waals surface area contributed by atoms with Gasteiger partial charge in [-0.1, -0.05) is 12.2 Å². The molecule has 0 aromatic carbocycles. The molecule has 0 saturated heterocycles. The van der Waals surface area contributed by atoms with Gasteiger partial charge in [0.15, 0.2) is 5.82 Å². The Bertz CT molecular complexity index is 551. The Morgan fingerprint density at radius 1 is 1.50 bits per heavy atom. The minimum Gasteiger partial charge on any atom is -0.387 e. The predicted molar refractivity (Wildman–Crippen MR) is 67.5 cm³/mol. The molecule has 0 aliphatic rings. The summed E-state index contributed by atoms with van der Waals surface area (Å²) in [6.07, 6.45) is 1.53. The fourth-order valence-corrected chi connectivity index (χ4v) is 1.46. The Balaban J connectivity index is 2.42. The van der Waals surface area contributed by atoms with E-state index in [0.29, 0.717) is 11.6 Å². The van der Waals surface area contributed by atoms with Gasteiger partial charge in [-0.2, -0.15) is 0 Å². The molecule has 0 aliphatic carbocycles. The maximum atomic E-state index is 5.42. The number of hydrogen-bond acceptors (Lipinski definition) is 4. The number of nitrogens with two attached hydrogens (primary N) is 1. The highest BCUT2D eigenvalue weighted by molar-refractivity contribution is 9.10. The van der Waals surface area contributed by atoms with Crippen molar-refractivity contribution in [2.45, 2.75) is 6.92 Å². The molecule has 0 radical (unpaired) electrons. The number of halogens is 1. The number of hydrogen-bond donors (Lipinski definition) is 1. The van der Waals surface area contributed by atoms with Gasteiger partial charge < -0.3 is 5.73 Å². The number of pyridine rings is 1. The van der Waals surface area contributed by atoms with E-state index in [-0.39, 0.29) is 4.99 Å². The van der Waals surface area contributed by atoms with E-state index in [0.717, 1.165) is 10.2 Å². The van der Waals surface area contributed by atoms with E-state index in [2.05, 4.69) is 31.0 Å². The maximum absolute atomic E-state index is 5.42. The molecule has 0 aliphatic heterocycles. The zero-order valence-corrected chi connectivity index (χ0v) is 10.8. The molecule has 2 rings (SSSR count). The second-order valence-corrected chi connectivity index (χ2v) is 4.41. The smallest absolute Gasteiger partial charge is 0.208 e. The monoisotopic (exact) mass is 297 g/mol. The van der Waals surface area contributed by atoms with Crippen LogP contribution in [0.2, 0.25) is 0 Å². The second kappa shape index (κ2) is 4.26. The second-order valence-electron chi connectivity index (χ2n) is 3.11. The number of thiocarbonyl (C=S) groups is 1. The van der Waals surface area contributed by atoms with Crippen LogP contribution in [0.25, 0.3) is 5.82 Å². The van der Waals surface area contributed by atoms with Gasteiger partial charge in [-0.25, -0.2) is 14.6 Å². The van der Waals surface area contributed by atoms with Crippen molar-refractivity contribution in [2.24, 2.45) is 5.73 Å². The summed E-state index contributed by atoms with van der Waals surface area (Å²) in [6.45, 7) is 1.90. The summed E-state index contributed by atoms with van der Waals surface area (Å²) in [6, 6.07) is 3.73. The van der Waals surface area contributed by atoms with E-state index in [9.17, 15) is 0 Å². The van der Waals surface area contributed by atoms with Crippen LogP contribution in [-0.2, 0) is 0 Å². The topological polar surface area (TPSA) is 69.6 Å². The normalized spacial score (nSPS) is 10.4. The van der Waals surface area contributed by atoms with Crippen molar-refractivity contribution in [3.05, 3.63) is 34.5 Å². The lowest BCUT2D eigenvalue weighted by Crippen LogP contribution is -2.12. The van der Waals surface area contributed by atoms with Gasteiger partial charge in [-0.3, -0.25) is 0 Å². The average molecular weight is 298 g/mol. The summed E-state index contributed by atoms with van der Waals surface area (Å²) in [4.78, 5) is 8.50. The minimum atomic E-state index is 0.174. The van der Waals surface area contributed by atoms with Crippen LogP contribution in [0.4, 0.5) is 0 Å². The Morgan fingerprint density at radius 2 is 2.25 bits per heavy atom. The van der Waals surface area contributed by atoms with Gasteiger partial charge in [0.25, 0.3) is 0 Å². The van der Waals surface area contributed by atoms with E-state index in [1.165, 1.54) is 11.0 Å². The minimum absolute atomic E-state index is 0.174. The summed E-state index contributed by atoms with van der Waals surface area (Å²) < 4.78 is 2.49. The molecule has 2 heterocycles. The molecule has 0 atom stereocenters. The molecule has 0 bridgehead atoms. The van der Waals surface area contributed by atoms with Gasteiger partial charge in [0.05, 0.1) is 5.69 Å². The van der Waals surface area contributed by atoms with Crippen molar-refractivity contribution in [3.63, 3.8) is 0 Å². The summed E-state index contributed by atoms with van der Waals surface area (Å²) in [5.74, 6) is 1.02. The van der Waals surface area contributed by atoms with Crippen LogP contribution in [0.1, 0.15) is 11.5 Å². The van der Waals surface area contributed by atoms with Crippen LogP contribution in [0.5, 0.6) is 0 Å². The lowest BCUT2D eigenvalue weighted by atomic mass is 10.4. The van der Waals surface area contributed by atoms with Crippen LogP contribution in [0.15, 0.2) is 22.9 Å². The van der Waals surface area contributed by atoms with Gasteiger partial charge in [0.2, 0.25) is 5.82 Å². The van der Waals surface area contributed by atoms with Gasteiger partial charge in [-0.15, -0.1) is 5.10 Å². The molecule has 16 heavy (non-hydrogen) atoms. The maximum Gasteiger partial charge on any atom is 0.208 e. The third-order valence-corrected chi connectivity index (χ3v) is 2.97. The van der Waals surface area contributed by atoms with Gasteiger partial charge >= 0.3 is 0 Å². The highest BCUT2D eigenvalue weighted by Crippen LogP contribution is 2.15. The highest BCUT2D eigenvalue weighted by Gasteiger charge is 2.06. The number of aromatic nitrogens is 4. The summed E-state index contributed by atoms with van der Waals surface area (Å²) in [7, 11) is 0. The fraction of sp³-hybridized carbons (Fsp3) is 0.111. The van der Waals surface area contributed by atoms with E-state index < -0.39 is 0 Å². The summed E-state index contributed by atoms with van der Waals surface area (Å²) >= 11 is 8.17. The third-order valence-electron chi connectivity index (χ3n) is 1.95. The van der Waals surface area contributed by atoms with Crippen LogP contribution in [0, 0.1) is 6.92 Å². The first-order valence-corrected chi connectivity index (χ1v) is 5.63. The fourth-order valence-electron chi connectivity index (χ4n) is 1.14. The molecular formula is C9H8BrN5S. The molecule has 5 nitrogen and oxygen atoms in total. The molecule has 0 fully saturated rings. The van der Waals surface area contributed by atoms with E-state index in [4.69, 9.17) is 18.0 Å². The van der Waals surface area contributed by atoms with Gasteiger partial charge in [-0.05, 0) is 35.0 Å². The molecule has 0 amide bonds. The molecule has 2 N–H and O–H groups in total. The molecule has 82 valence electrons. The molecule has 0 spiro atoms. The lowest BCUT2D eigenvalue weighted by Gasteiger charge is -2.01. The Labute approximate surface area is 106 Å². The molecule has 0 saturated carbocycles. The third kappa shape index (κ3) is 2.10. The molecular weight excluding hydrogens is 290 g/mol. The summed E-state index contributed by atoms with van der Waals surface area (Å²) in [5.41, 5.74) is 6.30. The lowest BCUT2D eigenvalue weighted by molar-refractivity contribution is 0.835. The number of aryl methyl sites for hydroxylation is 1. The molecule has 2 aromatic heterocycles. The van der Waals surface area contributed by atoms with Gasteiger partial charge in [0.1, 0.15) is 11.3 Å². The first kappa shape index (κ1) is 11.2. The van der Waals surface area contributed by atoms with E-state index in [1.54, 1.807) is 0 Å². The average Bonchev–Trinajstić information content (AvgIpc) is 2.71. The highest BCUT2D eigenvalue weighted by atomic mass is 79.9. The van der Waals surface area contributed by atoms with E-state index in [1.807, 2.05) is 19.1 Å². The Hall–Kier alpha value is -1.34. The summed E-state index contributed by atoms with van der Waals surface area (Å²) in [5, 5.41) is 4.11. The van der Waals surface area contributed by atoms with Gasteiger partial charge in [0, 0.05) is 4.47 Å².